The van der Waals surface area contributed by atoms with Crippen molar-refractivity contribution >= 4 is 17.4 Å². The van der Waals surface area contributed by atoms with Gasteiger partial charge in [-0.3, -0.25) is 4.79 Å². The monoisotopic (exact) mass is 307 g/mol. The molecule has 3 heteroatoms. The molecular weight excluding hydrogens is 282 g/mol. The Morgan fingerprint density at radius 1 is 1.33 bits per heavy atom. The molecule has 2 rings (SSSR count). The van der Waals surface area contributed by atoms with E-state index in [0.29, 0.717) is 17.6 Å². The van der Waals surface area contributed by atoms with Crippen LogP contribution in [-0.4, -0.2) is 24.3 Å². The van der Waals surface area contributed by atoms with Crippen LogP contribution in [0.15, 0.2) is 24.3 Å². The highest BCUT2D eigenvalue weighted by Gasteiger charge is 2.30. The molecule has 1 aromatic rings. The summed E-state index contributed by atoms with van der Waals surface area (Å²) < 4.78 is 0. The van der Waals surface area contributed by atoms with E-state index in [1.165, 1.54) is 0 Å². The fourth-order valence-corrected chi connectivity index (χ4v) is 3.48. The van der Waals surface area contributed by atoms with Gasteiger partial charge in [0.1, 0.15) is 5.78 Å². The maximum atomic E-state index is 12.2. The second-order valence-electron chi connectivity index (χ2n) is 6.73. The predicted octanol–water partition coefficient (Wildman–Crippen LogP) is 4.41. The molecule has 0 spiro atoms. The molecule has 1 aliphatic carbocycles. The smallest absolute Gasteiger partial charge is 0.137 e. The van der Waals surface area contributed by atoms with Gasteiger partial charge in [-0.05, 0) is 43.4 Å². The summed E-state index contributed by atoms with van der Waals surface area (Å²) in [4.78, 5) is 14.4. The molecule has 1 fully saturated rings. The molecule has 0 radical (unpaired) electrons. The lowest BCUT2D eigenvalue weighted by Gasteiger charge is -2.33. The first-order chi connectivity index (χ1) is 9.97. The summed E-state index contributed by atoms with van der Waals surface area (Å²) >= 11 is 6.21. The molecule has 1 aromatic carbocycles. The number of hydrogen-bond acceptors (Lipinski definition) is 2. The molecule has 2 unspecified atom stereocenters. The van der Waals surface area contributed by atoms with Crippen LogP contribution >= 0.6 is 11.6 Å². The van der Waals surface area contributed by atoms with Gasteiger partial charge in [0.25, 0.3) is 0 Å². The van der Waals surface area contributed by atoms with Gasteiger partial charge in [0.15, 0.2) is 0 Å². The lowest BCUT2D eigenvalue weighted by Crippen LogP contribution is -2.35. The van der Waals surface area contributed by atoms with Gasteiger partial charge >= 0.3 is 0 Å². The van der Waals surface area contributed by atoms with E-state index in [4.69, 9.17) is 11.6 Å². The molecule has 1 aliphatic rings. The first-order valence-corrected chi connectivity index (χ1v) is 8.29. The fourth-order valence-electron chi connectivity index (χ4n) is 3.29. The molecule has 21 heavy (non-hydrogen) atoms. The zero-order valence-corrected chi connectivity index (χ0v) is 14.1. The van der Waals surface area contributed by atoms with Crippen molar-refractivity contribution < 1.29 is 4.79 Å². The number of rotatable bonds is 5. The lowest BCUT2D eigenvalue weighted by atomic mass is 9.75. The van der Waals surface area contributed by atoms with Gasteiger partial charge in [0.05, 0.1) is 0 Å². The van der Waals surface area contributed by atoms with E-state index in [2.05, 4.69) is 31.9 Å². The minimum absolute atomic E-state index is 0.193. The van der Waals surface area contributed by atoms with Crippen LogP contribution in [0.5, 0.6) is 0 Å². The van der Waals surface area contributed by atoms with Crippen LogP contribution in [0.2, 0.25) is 5.02 Å². The molecule has 0 heterocycles. The molecule has 116 valence electrons. The van der Waals surface area contributed by atoms with Crippen molar-refractivity contribution in [2.45, 2.75) is 39.7 Å². The molecule has 1 saturated carbocycles. The highest BCUT2D eigenvalue weighted by molar-refractivity contribution is 6.31. The fraction of sp³-hybridized carbons (Fsp3) is 0.611. The number of carbonyl (C=O) groups is 1. The zero-order valence-electron chi connectivity index (χ0n) is 13.3. The van der Waals surface area contributed by atoms with E-state index in [0.717, 1.165) is 42.9 Å². The third-order valence-corrected chi connectivity index (χ3v) is 5.05. The van der Waals surface area contributed by atoms with E-state index < -0.39 is 0 Å². The van der Waals surface area contributed by atoms with E-state index in [9.17, 15) is 4.79 Å². The quantitative estimate of drug-likeness (QED) is 0.803. The molecule has 0 aromatic heterocycles. The average Bonchev–Trinajstić information content (AvgIpc) is 2.43. The third-order valence-electron chi connectivity index (χ3n) is 4.68. The van der Waals surface area contributed by atoms with E-state index in [-0.39, 0.29) is 5.92 Å². The Balaban J connectivity index is 1.93. The summed E-state index contributed by atoms with van der Waals surface area (Å²) in [5.74, 6) is 2.01. The normalized spacial score (nSPS) is 23.0. The molecular formula is C18H26ClNO. The summed E-state index contributed by atoms with van der Waals surface area (Å²) in [7, 11) is 2.08. The average molecular weight is 308 g/mol. The maximum absolute atomic E-state index is 12.2. The molecule has 0 N–H and O–H groups in total. The maximum Gasteiger partial charge on any atom is 0.137 e. The van der Waals surface area contributed by atoms with Crippen molar-refractivity contribution in [3.05, 3.63) is 34.9 Å². The molecule has 0 amide bonds. The molecule has 0 saturated heterocycles. The van der Waals surface area contributed by atoms with E-state index in [1.54, 1.807) is 0 Å². The Labute approximate surface area is 133 Å². The van der Waals surface area contributed by atoms with Crippen LogP contribution in [0.1, 0.15) is 38.7 Å². The standard InChI is InChI=1S/C18H26ClNO/c1-13(2)14-8-9-18(21)16(10-14)12-20(3)11-15-6-4-5-7-17(15)19/h4-7,13-14,16H,8-12H2,1-3H3. The Morgan fingerprint density at radius 3 is 2.71 bits per heavy atom. The Kier molecular flexibility index (Phi) is 5.83. The Bertz CT molecular complexity index is 486. The first-order valence-electron chi connectivity index (χ1n) is 7.92. The van der Waals surface area contributed by atoms with Gasteiger partial charge in [-0.25, -0.2) is 0 Å². The number of benzene rings is 1. The zero-order chi connectivity index (χ0) is 15.4. The van der Waals surface area contributed by atoms with Crippen LogP contribution in [0, 0.1) is 17.8 Å². The van der Waals surface area contributed by atoms with Gasteiger partial charge in [-0.15, -0.1) is 0 Å². The first kappa shape index (κ1) is 16.5. The van der Waals surface area contributed by atoms with E-state index in [1.807, 2.05) is 18.2 Å². The second-order valence-corrected chi connectivity index (χ2v) is 7.14. The minimum Gasteiger partial charge on any atom is -0.301 e. The number of Topliss-reactive ketones (excluding diaryl/α,β-unsaturated/α-hetero) is 1. The number of ketones is 1. The summed E-state index contributed by atoms with van der Waals surface area (Å²) in [6.07, 6.45) is 2.87. The minimum atomic E-state index is 0.193. The predicted molar refractivity (Wildman–Crippen MR) is 88.5 cm³/mol. The molecule has 2 nitrogen and oxygen atoms in total. The SMILES string of the molecule is CC(C)C1CCC(=O)C(CN(C)Cc2ccccc2Cl)C1. The summed E-state index contributed by atoms with van der Waals surface area (Å²) in [5.41, 5.74) is 1.13. The van der Waals surface area contributed by atoms with Crippen molar-refractivity contribution in [2.75, 3.05) is 13.6 Å². The van der Waals surface area contributed by atoms with Crippen molar-refractivity contribution in [1.29, 1.82) is 0 Å². The van der Waals surface area contributed by atoms with Gasteiger partial charge < -0.3 is 4.90 Å². The van der Waals surface area contributed by atoms with E-state index >= 15 is 0 Å². The van der Waals surface area contributed by atoms with Crippen LogP contribution in [-0.2, 0) is 11.3 Å². The van der Waals surface area contributed by atoms with Crippen molar-refractivity contribution in [3.8, 4) is 0 Å². The highest BCUT2D eigenvalue weighted by atomic mass is 35.5. The molecule has 0 bridgehead atoms. The summed E-state index contributed by atoms with van der Waals surface area (Å²) in [5, 5.41) is 0.805. The summed E-state index contributed by atoms with van der Waals surface area (Å²) in [6, 6.07) is 7.93. The topological polar surface area (TPSA) is 20.3 Å². The number of halogens is 1. The second kappa shape index (κ2) is 7.42. The van der Waals surface area contributed by atoms with Crippen molar-refractivity contribution in [3.63, 3.8) is 0 Å². The van der Waals surface area contributed by atoms with Crippen LogP contribution in [0.3, 0.4) is 0 Å². The van der Waals surface area contributed by atoms with Crippen molar-refractivity contribution in [2.24, 2.45) is 17.8 Å². The lowest BCUT2D eigenvalue weighted by molar-refractivity contribution is -0.126. The van der Waals surface area contributed by atoms with Gasteiger partial charge in [-0.1, -0.05) is 43.6 Å². The Hall–Kier alpha value is -0.860. The van der Waals surface area contributed by atoms with Crippen LogP contribution in [0.4, 0.5) is 0 Å². The van der Waals surface area contributed by atoms with Crippen LogP contribution in [0.25, 0.3) is 0 Å². The number of carbonyl (C=O) groups excluding carboxylic acids is 1. The number of nitrogens with zero attached hydrogens (tertiary/aromatic N) is 1. The molecule has 2 atom stereocenters. The third kappa shape index (κ3) is 4.55. The van der Waals surface area contributed by atoms with Crippen molar-refractivity contribution in [1.82, 2.24) is 4.90 Å². The highest BCUT2D eigenvalue weighted by Crippen LogP contribution is 2.32. The Morgan fingerprint density at radius 2 is 2.05 bits per heavy atom. The summed E-state index contributed by atoms with van der Waals surface area (Å²) in [6.45, 7) is 6.18. The van der Waals surface area contributed by atoms with Crippen LogP contribution < -0.4 is 0 Å². The van der Waals surface area contributed by atoms with Gasteiger partial charge in [0.2, 0.25) is 0 Å². The van der Waals surface area contributed by atoms with Gasteiger partial charge in [0, 0.05) is 30.5 Å². The van der Waals surface area contributed by atoms with Gasteiger partial charge in [-0.2, -0.15) is 0 Å². The molecule has 0 aliphatic heterocycles. The number of hydrogen-bond donors (Lipinski definition) is 0. The largest absolute Gasteiger partial charge is 0.301 e.